The molecule has 0 aliphatic heterocycles. The van der Waals surface area contributed by atoms with Gasteiger partial charge in [-0.1, -0.05) is 33.9 Å². The quantitative estimate of drug-likeness (QED) is 0.584. The number of aromatic nitrogens is 3. The molecule has 6 nitrogen and oxygen atoms in total. The van der Waals surface area contributed by atoms with Crippen LogP contribution in [0.4, 0.5) is 10.1 Å². The Hall–Kier alpha value is -3.39. The Kier molecular flexibility index (Phi) is 4.24. The lowest BCUT2D eigenvalue weighted by atomic mass is 10.1. The van der Waals surface area contributed by atoms with Gasteiger partial charge in [0.05, 0.1) is 5.56 Å². The molecule has 0 unspecified atom stereocenters. The van der Waals surface area contributed by atoms with E-state index < -0.39 is 11.7 Å². The summed E-state index contributed by atoms with van der Waals surface area (Å²) in [6.45, 7) is 0. The van der Waals surface area contributed by atoms with Crippen LogP contribution < -0.4 is 5.32 Å². The average molecular weight is 366 g/mol. The smallest absolute Gasteiger partial charge is 0.277 e. The first-order valence-corrected chi connectivity index (χ1v) is 8.45. The van der Waals surface area contributed by atoms with E-state index in [1.165, 1.54) is 23.7 Å². The van der Waals surface area contributed by atoms with E-state index in [-0.39, 0.29) is 17.0 Å². The number of anilines is 1. The molecule has 1 amide bonds. The van der Waals surface area contributed by atoms with Crippen molar-refractivity contribution in [1.82, 2.24) is 14.7 Å². The Bertz CT molecular complexity index is 1050. The number of halogens is 1. The molecule has 2 heterocycles. The first kappa shape index (κ1) is 16.1. The predicted octanol–water partition coefficient (Wildman–Crippen LogP) is 4.25. The summed E-state index contributed by atoms with van der Waals surface area (Å²) in [6.07, 6.45) is 0. The van der Waals surface area contributed by atoms with Crippen molar-refractivity contribution in [3.8, 4) is 22.6 Å². The summed E-state index contributed by atoms with van der Waals surface area (Å²) in [5.41, 5.74) is 2.59. The first-order chi connectivity index (χ1) is 12.7. The van der Waals surface area contributed by atoms with Crippen molar-refractivity contribution in [2.75, 3.05) is 5.32 Å². The molecule has 2 aromatic heterocycles. The topological polar surface area (TPSA) is 80.9 Å². The maximum Gasteiger partial charge on any atom is 0.277 e. The summed E-state index contributed by atoms with van der Waals surface area (Å²) < 4.78 is 22.7. The van der Waals surface area contributed by atoms with Gasteiger partial charge in [-0.3, -0.25) is 4.79 Å². The lowest BCUT2D eigenvalue weighted by molar-refractivity contribution is 0.101. The van der Waals surface area contributed by atoms with Gasteiger partial charge in [-0.15, -0.1) is 5.10 Å². The summed E-state index contributed by atoms with van der Waals surface area (Å²) in [5, 5.41) is 12.3. The minimum absolute atomic E-state index is 0.0658. The summed E-state index contributed by atoms with van der Waals surface area (Å²) >= 11 is 1.27. The number of hydrogen-bond acceptors (Lipinski definition) is 6. The van der Waals surface area contributed by atoms with Gasteiger partial charge in [0.2, 0.25) is 0 Å². The molecule has 0 saturated heterocycles. The molecule has 26 heavy (non-hydrogen) atoms. The highest BCUT2D eigenvalue weighted by Crippen LogP contribution is 2.24. The Morgan fingerprint density at radius 1 is 1.12 bits per heavy atom. The normalized spacial score (nSPS) is 10.7. The zero-order valence-electron chi connectivity index (χ0n) is 13.2. The second-order valence-corrected chi connectivity index (χ2v) is 5.99. The van der Waals surface area contributed by atoms with E-state index in [9.17, 15) is 9.18 Å². The van der Waals surface area contributed by atoms with Gasteiger partial charge in [-0.2, -0.15) is 0 Å². The van der Waals surface area contributed by atoms with Gasteiger partial charge in [0.25, 0.3) is 5.91 Å². The molecule has 0 saturated carbocycles. The molecule has 8 heteroatoms. The zero-order valence-corrected chi connectivity index (χ0v) is 14.0. The van der Waals surface area contributed by atoms with Crippen LogP contribution in [0.3, 0.4) is 0 Å². The summed E-state index contributed by atoms with van der Waals surface area (Å²) in [5.74, 6) is -0.693. The monoisotopic (exact) mass is 366 g/mol. The van der Waals surface area contributed by atoms with Crippen LogP contribution in [0.2, 0.25) is 0 Å². The van der Waals surface area contributed by atoms with E-state index in [0.717, 1.165) is 11.3 Å². The van der Waals surface area contributed by atoms with Crippen molar-refractivity contribution < 1.29 is 13.7 Å². The maximum atomic E-state index is 13.8. The Morgan fingerprint density at radius 3 is 2.65 bits per heavy atom. The second kappa shape index (κ2) is 6.85. The van der Waals surface area contributed by atoms with Crippen molar-refractivity contribution in [3.63, 3.8) is 0 Å². The van der Waals surface area contributed by atoms with Crippen LogP contribution in [0.1, 0.15) is 10.5 Å². The Balaban J connectivity index is 1.49. The summed E-state index contributed by atoms with van der Waals surface area (Å²) in [7, 11) is 0. The zero-order chi connectivity index (χ0) is 17.9. The predicted molar refractivity (Wildman–Crippen MR) is 95.2 cm³/mol. The van der Waals surface area contributed by atoms with Gasteiger partial charge in [0.1, 0.15) is 11.5 Å². The SMILES string of the molecule is O=C(Nc1ccc(-c2csnn2)cc1)c1cc(-c2ccccc2F)on1. The lowest BCUT2D eigenvalue weighted by Gasteiger charge is -2.03. The molecule has 0 fully saturated rings. The van der Waals surface area contributed by atoms with Crippen LogP contribution in [0, 0.1) is 5.82 Å². The molecule has 0 aliphatic rings. The molecule has 0 aliphatic carbocycles. The molecule has 4 rings (SSSR count). The van der Waals surface area contributed by atoms with Gasteiger partial charge >= 0.3 is 0 Å². The number of benzene rings is 2. The summed E-state index contributed by atoms with van der Waals surface area (Å²) in [6, 6.07) is 14.7. The third kappa shape index (κ3) is 3.22. The third-order valence-corrected chi connectivity index (χ3v) is 4.19. The highest BCUT2D eigenvalue weighted by atomic mass is 32.1. The number of nitrogens with one attached hydrogen (secondary N) is 1. The first-order valence-electron chi connectivity index (χ1n) is 7.61. The van der Waals surface area contributed by atoms with Gasteiger partial charge in [0.15, 0.2) is 11.5 Å². The highest BCUT2D eigenvalue weighted by Gasteiger charge is 2.16. The van der Waals surface area contributed by atoms with E-state index in [4.69, 9.17) is 4.52 Å². The molecule has 128 valence electrons. The van der Waals surface area contributed by atoms with Gasteiger partial charge in [-0.05, 0) is 35.8 Å². The molecule has 1 N–H and O–H groups in total. The fourth-order valence-electron chi connectivity index (χ4n) is 2.38. The molecule has 0 spiro atoms. The number of hydrogen-bond donors (Lipinski definition) is 1. The number of nitrogens with zero attached hydrogens (tertiary/aromatic N) is 3. The molecule has 0 radical (unpaired) electrons. The Labute approximate surface area is 151 Å². The molecule has 0 atom stereocenters. The van der Waals surface area contributed by atoms with E-state index in [0.29, 0.717) is 5.69 Å². The molecule has 4 aromatic rings. The number of rotatable bonds is 4. The van der Waals surface area contributed by atoms with E-state index in [1.807, 2.05) is 17.5 Å². The number of carbonyl (C=O) groups excluding carboxylic acids is 1. The van der Waals surface area contributed by atoms with Crippen molar-refractivity contribution in [2.45, 2.75) is 0 Å². The van der Waals surface area contributed by atoms with Gasteiger partial charge in [-0.25, -0.2) is 4.39 Å². The van der Waals surface area contributed by atoms with E-state index in [2.05, 4.69) is 20.1 Å². The standard InChI is InChI=1S/C18H11FN4O2S/c19-14-4-2-1-3-13(14)17-9-15(22-25-17)18(24)20-12-7-5-11(6-8-12)16-10-26-23-21-16/h1-10H,(H,20,24). The van der Waals surface area contributed by atoms with Crippen LogP contribution in [0.25, 0.3) is 22.6 Å². The molecular weight excluding hydrogens is 355 g/mol. The fraction of sp³-hybridized carbons (Fsp3) is 0. The Morgan fingerprint density at radius 2 is 1.92 bits per heavy atom. The van der Waals surface area contributed by atoms with Crippen molar-refractivity contribution in [3.05, 3.63) is 71.5 Å². The average Bonchev–Trinajstić information content (AvgIpc) is 3.35. The lowest BCUT2D eigenvalue weighted by Crippen LogP contribution is -2.11. The van der Waals surface area contributed by atoms with E-state index >= 15 is 0 Å². The van der Waals surface area contributed by atoms with Crippen LogP contribution >= 0.6 is 11.5 Å². The van der Waals surface area contributed by atoms with E-state index in [1.54, 1.807) is 30.3 Å². The number of amides is 1. The van der Waals surface area contributed by atoms with Crippen molar-refractivity contribution >= 4 is 23.1 Å². The van der Waals surface area contributed by atoms with Crippen LogP contribution in [-0.4, -0.2) is 20.7 Å². The van der Waals surface area contributed by atoms with Crippen molar-refractivity contribution in [1.29, 1.82) is 0 Å². The minimum Gasteiger partial charge on any atom is -0.355 e. The van der Waals surface area contributed by atoms with Crippen LogP contribution in [0.15, 0.2) is 64.5 Å². The second-order valence-electron chi connectivity index (χ2n) is 5.38. The minimum atomic E-state index is -0.445. The number of carbonyl (C=O) groups is 1. The largest absolute Gasteiger partial charge is 0.355 e. The van der Waals surface area contributed by atoms with Crippen molar-refractivity contribution in [2.24, 2.45) is 0 Å². The highest BCUT2D eigenvalue weighted by molar-refractivity contribution is 7.03. The van der Waals surface area contributed by atoms with Crippen LogP contribution in [0.5, 0.6) is 0 Å². The van der Waals surface area contributed by atoms with Crippen LogP contribution in [-0.2, 0) is 0 Å². The molecule has 0 bridgehead atoms. The molecular formula is C18H11FN4O2S. The third-order valence-electron chi connectivity index (χ3n) is 3.68. The molecule has 2 aromatic carbocycles. The van der Waals surface area contributed by atoms with Gasteiger partial charge < -0.3 is 9.84 Å². The maximum absolute atomic E-state index is 13.8. The van der Waals surface area contributed by atoms with Gasteiger partial charge in [0, 0.05) is 22.7 Å². The fourth-order valence-corrected chi connectivity index (χ4v) is 2.85. The summed E-state index contributed by atoms with van der Waals surface area (Å²) in [4.78, 5) is 12.3.